The average molecular weight is 460 g/mol. The van der Waals surface area contributed by atoms with Gasteiger partial charge in [-0.25, -0.2) is 9.37 Å². The summed E-state index contributed by atoms with van der Waals surface area (Å²) in [5.74, 6) is -0.293. The summed E-state index contributed by atoms with van der Waals surface area (Å²) in [6.45, 7) is 3.19. The van der Waals surface area contributed by atoms with Crippen molar-refractivity contribution >= 4 is 45.6 Å². The van der Waals surface area contributed by atoms with Gasteiger partial charge in [-0.05, 0) is 42.7 Å². The number of hydrogen-bond donors (Lipinski definition) is 1. The van der Waals surface area contributed by atoms with E-state index in [0.717, 1.165) is 0 Å². The Morgan fingerprint density at radius 2 is 2.06 bits per heavy atom. The zero-order chi connectivity index (χ0) is 22.3. The predicted molar refractivity (Wildman–Crippen MR) is 122 cm³/mol. The molecule has 0 radical (unpaired) electrons. The quantitative estimate of drug-likeness (QED) is 0.580. The molecule has 9 heteroatoms. The minimum atomic E-state index is -0.398. The van der Waals surface area contributed by atoms with Gasteiger partial charge in [0, 0.05) is 31.2 Å². The van der Waals surface area contributed by atoms with Crippen molar-refractivity contribution in [3.05, 3.63) is 62.2 Å². The lowest BCUT2D eigenvalue weighted by molar-refractivity contribution is 0.403. The van der Waals surface area contributed by atoms with Crippen LogP contribution in [0.2, 0.25) is 10.2 Å². The highest BCUT2D eigenvalue weighted by atomic mass is 35.5. The number of halogens is 3. The second-order valence-corrected chi connectivity index (χ2v) is 8.61. The van der Waals surface area contributed by atoms with Crippen LogP contribution in [-0.2, 0) is 7.05 Å². The van der Waals surface area contributed by atoms with Crippen LogP contribution < -0.4 is 15.8 Å². The number of piperidine rings is 1. The van der Waals surface area contributed by atoms with Crippen molar-refractivity contribution in [1.82, 2.24) is 9.55 Å². The normalized spacial score (nSPS) is 18.8. The Labute approximate surface area is 188 Å². The summed E-state index contributed by atoms with van der Waals surface area (Å²) in [6, 6.07) is 9.99. The van der Waals surface area contributed by atoms with Crippen LogP contribution in [0.25, 0.3) is 11.0 Å². The Balaban J connectivity index is 1.68. The molecule has 4 rings (SSSR count). The van der Waals surface area contributed by atoms with Gasteiger partial charge in [-0.3, -0.25) is 4.79 Å². The highest BCUT2D eigenvalue weighted by Gasteiger charge is 2.30. The van der Waals surface area contributed by atoms with Gasteiger partial charge in [0.1, 0.15) is 28.1 Å². The lowest BCUT2D eigenvalue weighted by Crippen LogP contribution is -2.46. The highest BCUT2D eigenvalue weighted by Crippen LogP contribution is 2.33. The van der Waals surface area contributed by atoms with Crippen molar-refractivity contribution < 1.29 is 4.39 Å². The van der Waals surface area contributed by atoms with Gasteiger partial charge in [0.2, 0.25) is 0 Å². The summed E-state index contributed by atoms with van der Waals surface area (Å²) in [5, 5.41) is 13.6. The van der Waals surface area contributed by atoms with Crippen LogP contribution in [0.5, 0.6) is 0 Å². The first-order chi connectivity index (χ1) is 14.8. The number of aromatic nitrogens is 2. The number of anilines is 2. The van der Waals surface area contributed by atoms with E-state index >= 15 is 0 Å². The topological polar surface area (TPSA) is 74.0 Å². The number of hydrogen-bond acceptors (Lipinski definition) is 5. The summed E-state index contributed by atoms with van der Waals surface area (Å²) >= 11 is 12.0. The van der Waals surface area contributed by atoms with Crippen LogP contribution in [0, 0.1) is 23.1 Å². The van der Waals surface area contributed by atoms with Crippen molar-refractivity contribution in [2.24, 2.45) is 13.0 Å². The number of aryl methyl sites for hydroxylation is 1. The molecule has 2 aromatic heterocycles. The smallest absolute Gasteiger partial charge is 0.270 e. The number of fused-ring (bicyclic) bond motifs is 1. The zero-order valence-electron chi connectivity index (χ0n) is 17.0. The second-order valence-electron chi connectivity index (χ2n) is 7.79. The molecule has 0 bridgehead atoms. The van der Waals surface area contributed by atoms with Crippen LogP contribution in [-0.4, -0.2) is 28.7 Å². The third-order valence-corrected chi connectivity index (χ3v) is 6.23. The van der Waals surface area contributed by atoms with E-state index in [0.29, 0.717) is 52.1 Å². The monoisotopic (exact) mass is 459 g/mol. The van der Waals surface area contributed by atoms with E-state index in [1.807, 2.05) is 11.8 Å². The summed E-state index contributed by atoms with van der Waals surface area (Å²) in [7, 11) is 1.62. The van der Waals surface area contributed by atoms with E-state index in [1.54, 1.807) is 31.3 Å². The molecule has 0 saturated carbocycles. The largest absolute Gasteiger partial charge is 0.380 e. The Kier molecular flexibility index (Phi) is 5.78. The predicted octanol–water partition coefficient (Wildman–Crippen LogP) is 4.58. The van der Waals surface area contributed by atoms with Gasteiger partial charge in [0.15, 0.2) is 0 Å². The summed E-state index contributed by atoms with van der Waals surface area (Å²) in [5.41, 5.74) is 1.72. The van der Waals surface area contributed by atoms with Crippen LogP contribution in [0.15, 0.2) is 35.1 Å². The number of nitrogens with zero attached hydrogens (tertiary/aromatic N) is 4. The van der Waals surface area contributed by atoms with E-state index in [9.17, 15) is 14.4 Å². The fourth-order valence-electron chi connectivity index (χ4n) is 4.15. The van der Waals surface area contributed by atoms with Gasteiger partial charge in [0.05, 0.1) is 16.9 Å². The fourth-order valence-corrected chi connectivity index (χ4v) is 4.45. The van der Waals surface area contributed by atoms with Gasteiger partial charge in [-0.15, -0.1) is 0 Å². The molecule has 160 valence electrons. The van der Waals surface area contributed by atoms with E-state index in [1.165, 1.54) is 10.6 Å². The lowest BCUT2D eigenvalue weighted by Gasteiger charge is -2.39. The molecular weight excluding hydrogens is 440 g/mol. The first-order valence-electron chi connectivity index (χ1n) is 9.86. The maximum absolute atomic E-state index is 14.2. The van der Waals surface area contributed by atoms with Crippen molar-refractivity contribution in [1.29, 1.82) is 5.26 Å². The Bertz CT molecular complexity index is 1270. The molecule has 1 N–H and O–H groups in total. The molecule has 1 saturated heterocycles. The van der Waals surface area contributed by atoms with E-state index in [2.05, 4.69) is 16.4 Å². The van der Waals surface area contributed by atoms with E-state index < -0.39 is 5.82 Å². The summed E-state index contributed by atoms with van der Waals surface area (Å²) in [4.78, 5) is 19.2. The van der Waals surface area contributed by atoms with E-state index in [-0.39, 0.29) is 23.1 Å². The number of benzene rings is 1. The van der Waals surface area contributed by atoms with Crippen LogP contribution in [0.4, 0.5) is 15.8 Å². The van der Waals surface area contributed by atoms with Crippen molar-refractivity contribution in [3.63, 3.8) is 0 Å². The molecule has 0 spiro atoms. The molecule has 1 aromatic carbocycles. The standard InChI is InChI=1S/C22H20Cl2FN5O/c1-12-11-30(8-7-16(12)27-17-4-3-13(23)9-15(17)25)21-14(10-26)22(31)29(2)18-5-6-19(24)28-20(18)21/h3-6,9,12,16,27H,7-8,11H2,1-2H3/t12-,16-/m0/s1. The first kappa shape index (κ1) is 21.4. The summed E-state index contributed by atoms with van der Waals surface area (Å²) < 4.78 is 15.6. The third-order valence-electron chi connectivity index (χ3n) is 5.79. The molecule has 3 aromatic rings. The molecule has 1 aliphatic heterocycles. The molecule has 2 atom stereocenters. The van der Waals surface area contributed by atoms with E-state index in [4.69, 9.17) is 23.2 Å². The van der Waals surface area contributed by atoms with Crippen LogP contribution in [0.3, 0.4) is 0 Å². The maximum Gasteiger partial charge on any atom is 0.270 e. The summed E-state index contributed by atoms with van der Waals surface area (Å²) in [6.07, 6.45) is 0.686. The van der Waals surface area contributed by atoms with Gasteiger partial charge >= 0.3 is 0 Å². The zero-order valence-corrected chi connectivity index (χ0v) is 18.5. The Morgan fingerprint density at radius 3 is 2.74 bits per heavy atom. The molecule has 0 amide bonds. The van der Waals surface area contributed by atoms with Gasteiger partial charge in [0.25, 0.3) is 5.56 Å². The van der Waals surface area contributed by atoms with Crippen molar-refractivity contribution in [3.8, 4) is 6.07 Å². The van der Waals surface area contributed by atoms with Crippen molar-refractivity contribution in [2.45, 2.75) is 19.4 Å². The molecule has 6 nitrogen and oxygen atoms in total. The molecule has 1 fully saturated rings. The highest BCUT2D eigenvalue weighted by molar-refractivity contribution is 6.30. The first-order valence-corrected chi connectivity index (χ1v) is 10.6. The molecule has 0 unspecified atom stereocenters. The van der Waals surface area contributed by atoms with Gasteiger partial charge in [-0.1, -0.05) is 30.1 Å². The van der Waals surface area contributed by atoms with Crippen molar-refractivity contribution in [2.75, 3.05) is 23.3 Å². The molecule has 0 aliphatic carbocycles. The number of nitrogens with one attached hydrogen (secondary N) is 1. The molecule has 31 heavy (non-hydrogen) atoms. The maximum atomic E-state index is 14.2. The minimum Gasteiger partial charge on any atom is -0.380 e. The molecule has 1 aliphatic rings. The SMILES string of the molecule is C[C@H]1CN(c2c(C#N)c(=O)n(C)c3ccc(Cl)nc23)CC[C@@H]1Nc1ccc(Cl)cc1F. The van der Waals surface area contributed by atoms with Crippen LogP contribution >= 0.6 is 23.2 Å². The minimum absolute atomic E-state index is 0.0202. The number of rotatable bonds is 3. The Hall–Kier alpha value is -2.82. The third kappa shape index (κ3) is 3.93. The van der Waals surface area contributed by atoms with Crippen LogP contribution in [0.1, 0.15) is 18.9 Å². The molecule has 3 heterocycles. The lowest BCUT2D eigenvalue weighted by atomic mass is 9.92. The number of nitriles is 1. The van der Waals surface area contributed by atoms with Gasteiger partial charge < -0.3 is 14.8 Å². The average Bonchev–Trinajstić information content (AvgIpc) is 2.73. The number of pyridine rings is 2. The van der Waals surface area contributed by atoms with Gasteiger partial charge in [-0.2, -0.15) is 5.26 Å². The Morgan fingerprint density at radius 1 is 1.29 bits per heavy atom. The molecular formula is C22H20Cl2FN5O. The second kappa shape index (κ2) is 8.37. The fraction of sp³-hybridized carbons (Fsp3) is 0.318.